The number of rotatable bonds is 6. The average molecular weight is 400 g/mol. The average Bonchev–Trinajstić information content (AvgIpc) is 3.13. The van der Waals surface area contributed by atoms with E-state index in [9.17, 15) is 9.18 Å². The molecule has 1 N–H and O–H groups in total. The van der Waals surface area contributed by atoms with E-state index < -0.39 is 0 Å². The van der Waals surface area contributed by atoms with Gasteiger partial charge in [0.25, 0.3) is 0 Å². The fraction of sp³-hybridized carbons (Fsp3) is 0.545. The highest BCUT2D eigenvalue weighted by Crippen LogP contribution is 2.42. The van der Waals surface area contributed by atoms with Crippen LogP contribution in [0.25, 0.3) is 11.3 Å². The van der Waals surface area contributed by atoms with E-state index in [1.54, 1.807) is 12.1 Å². The quantitative estimate of drug-likeness (QED) is 0.806. The van der Waals surface area contributed by atoms with E-state index in [1.165, 1.54) is 17.8 Å². The molecule has 1 aromatic carbocycles. The first kappa shape index (κ1) is 19.9. The first-order chi connectivity index (χ1) is 14.0. The summed E-state index contributed by atoms with van der Waals surface area (Å²) >= 11 is 0. The third kappa shape index (κ3) is 4.29. The van der Waals surface area contributed by atoms with Crippen LogP contribution >= 0.6 is 0 Å². The summed E-state index contributed by atoms with van der Waals surface area (Å²) in [6.07, 6.45) is 2.77. The Morgan fingerprint density at radius 1 is 1.34 bits per heavy atom. The number of amides is 1. The molecule has 4 heterocycles. The molecule has 1 amide bonds. The number of aryl methyl sites for hydroxylation is 1. The maximum atomic E-state index is 13.2. The summed E-state index contributed by atoms with van der Waals surface area (Å²) in [7, 11) is 1.98. The molecule has 0 saturated carbocycles. The molecule has 4 atom stereocenters. The van der Waals surface area contributed by atoms with E-state index in [0.29, 0.717) is 31.0 Å². The zero-order valence-corrected chi connectivity index (χ0v) is 17.1. The third-order valence-corrected chi connectivity index (χ3v) is 6.24. The SMILES string of the molecule is CCCNC(=O)OCC1CC2CCN1CC2c1cc(-c2ccc(F)cc2)nn1C. The number of alkyl carbamates (subject to hydrolysis) is 1. The van der Waals surface area contributed by atoms with Gasteiger partial charge in [-0.1, -0.05) is 6.92 Å². The van der Waals surface area contributed by atoms with Crippen molar-refractivity contribution in [1.29, 1.82) is 0 Å². The first-order valence-corrected chi connectivity index (χ1v) is 10.5. The Hall–Kier alpha value is -2.41. The van der Waals surface area contributed by atoms with Gasteiger partial charge in [0.1, 0.15) is 12.4 Å². The molecule has 0 aliphatic carbocycles. The number of piperidine rings is 3. The van der Waals surface area contributed by atoms with Crippen LogP contribution in [0.15, 0.2) is 30.3 Å². The summed E-state index contributed by atoms with van der Waals surface area (Å²) in [5.41, 5.74) is 3.03. The Balaban J connectivity index is 1.42. The third-order valence-electron chi connectivity index (χ3n) is 6.24. The van der Waals surface area contributed by atoms with Crippen molar-refractivity contribution in [3.8, 4) is 11.3 Å². The van der Waals surface area contributed by atoms with E-state index >= 15 is 0 Å². The molecule has 6 nitrogen and oxygen atoms in total. The number of ether oxygens (including phenoxy) is 1. The highest BCUT2D eigenvalue weighted by atomic mass is 19.1. The van der Waals surface area contributed by atoms with Gasteiger partial charge in [-0.25, -0.2) is 9.18 Å². The Morgan fingerprint density at radius 3 is 2.83 bits per heavy atom. The summed E-state index contributed by atoms with van der Waals surface area (Å²) in [6.45, 7) is 5.12. The molecule has 4 unspecified atom stereocenters. The molecule has 1 aromatic heterocycles. The first-order valence-electron chi connectivity index (χ1n) is 10.5. The Bertz CT molecular complexity index is 851. The smallest absolute Gasteiger partial charge is 0.407 e. The van der Waals surface area contributed by atoms with Gasteiger partial charge in [0.15, 0.2) is 0 Å². The lowest BCUT2D eigenvalue weighted by atomic mass is 9.74. The van der Waals surface area contributed by atoms with Crippen LogP contribution in [-0.2, 0) is 11.8 Å². The molecule has 5 rings (SSSR count). The summed E-state index contributed by atoms with van der Waals surface area (Å²) in [4.78, 5) is 14.2. The predicted molar refractivity (Wildman–Crippen MR) is 109 cm³/mol. The second-order valence-corrected chi connectivity index (χ2v) is 8.15. The molecular formula is C22H29FN4O2. The molecule has 2 bridgehead atoms. The molecule has 3 fully saturated rings. The van der Waals surface area contributed by atoms with Crippen LogP contribution in [0.3, 0.4) is 0 Å². The van der Waals surface area contributed by atoms with Crippen molar-refractivity contribution in [1.82, 2.24) is 20.0 Å². The van der Waals surface area contributed by atoms with Gasteiger partial charge in [0, 0.05) is 43.4 Å². The Kier molecular flexibility index (Phi) is 5.85. The van der Waals surface area contributed by atoms with Crippen molar-refractivity contribution in [3.05, 3.63) is 41.8 Å². The highest BCUT2D eigenvalue weighted by Gasteiger charge is 2.42. The zero-order valence-electron chi connectivity index (χ0n) is 17.1. The normalized spacial score (nSPS) is 25.8. The lowest BCUT2D eigenvalue weighted by molar-refractivity contribution is -0.00414. The molecule has 2 aromatic rings. The number of aromatic nitrogens is 2. The molecule has 3 aliphatic heterocycles. The van der Waals surface area contributed by atoms with E-state index in [0.717, 1.165) is 43.6 Å². The second-order valence-electron chi connectivity index (χ2n) is 8.15. The van der Waals surface area contributed by atoms with E-state index in [-0.39, 0.29) is 11.9 Å². The van der Waals surface area contributed by atoms with Gasteiger partial charge in [-0.2, -0.15) is 5.10 Å². The molecule has 0 spiro atoms. The van der Waals surface area contributed by atoms with Gasteiger partial charge in [-0.3, -0.25) is 9.58 Å². The number of nitrogens with zero attached hydrogens (tertiary/aromatic N) is 3. The van der Waals surface area contributed by atoms with E-state index in [4.69, 9.17) is 4.74 Å². The van der Waals surface area contributed by atoms with Crippen LogP contribution in [0.4, 0.5) is 9.18 Å². The lowest BCUT2D eigenvalue weighted by Gasteiger charge is -2.49. The number of fused-ring (bicyclic) bond motifs is 3. The van der Waals surface area contributed by atoms with Gasteiger partial charge in [-0.05, 0) is 62.1 Å². The summed E-state index contributed by atoms with van der Waals surface area (Å²) in [6, 6.07) is 8.92. The molecule has 7 heteroatoms. The number of carbonyl (C=O) groups excluding carboxylic acids is 1. The van der Waals surface area contributed by atoms with E-state index in [2.05, 4.69) is 21.4 Å². The van der Waals surface area contributed by atoms with Crippen LogP contribution < -0.4 is 5.32 Å². The summed E-state index contributed by atoms with van der Waals surface area (Å²) in [5.74, 6) is 0.739. The minimum absolute atomic E-state index is 0.237. The number of hydrogen-bond donors (Lipinski definition) is 1. The highest BCUT2D eigenvalue weighted by molar-refractivity contribution is 5.67. The second kappa shape index (κ2) is 8.53. The van der Waals surface area contributed by atoms with E-state index in [1.807, 2.05) is 18.7 Å². The van der Waals surface area contributed by atoms with Crippen LogP contribution in [0.5, 0.6) is 0 Å². The van der Waals surface area contributed by atoms with Crippen molar-refractivity contribution < 1.29 is 13.9 Å². The Morgan fingerprint density at radius 2 is 2.14 bits per heavy atom. The number of hydrogen-bond acceptors (Lipinski definition) is 4. The Labute approximate surface area is 171 Å². The zero-order chi connectivity index (χ0) is 20.4. The maximum absolute atomic E-state index is 13.2. The fourth-order valence-electron chi connectivity index (χ4n) is 4.69. The standard InChI is InChI=1S/C22H29FN4O2/c1-3-9-24-22(28)29-14-18-11-16-8-10-27(18)13-19(16)21-12-20(25-26(21)2)15-4-6-17(23)7-5-15/h4-7,12,16,18-19H,3,8-11,13-14H2,1-2H3,(H,24,28). The summed E-state index contributed by atoms with van der Waals surface area (Å²) < 4.78 is 20.6. The topological polar surface area (TPSA) is 59.4 Å². The number of carbonyl (C=O) groups is 1. The minimum atomic E-state index is -0.318. The number of benzene rings is 1. The van der Waals surface area contributed by atoms with Gasteiger partial charge in [0.2, 0.25) is 0 Å². The molecule has 3 aliphatic rings. The van der Waals surface area contributed by atoms with Crippen LogP contribution in [0, 0.1) is 11.7 Å². The number of nitrogens with one attached hydrogen (secondary N) is 1. The minimum Gasteiger partial charge on any atom is -0.448 e. The van der Waals surface area contributed by atoms with Crippen molar-refractivity contribution >= 4 is 6.09 Å². The molecule has 3 saturated heterocycles. The fourth-order valence-corrected chi connectivity index (χ4v) is 4.69. The summed E-state index contributed by atoms with van der Waals surface area (Å²) in [5, 5.41) is 7.44. The largest absolute Gasteiger partial charge is 0.448 e. The van der Waals surface area contributed by atoms with Crippen LogP contribution in [-0.4, -0.2) is 53.1 Å². The van der Waals surface area contributed by atoms with Crippen molar-refractivity contribution in [2.45, 2.75) is 38.1 Å². The van der Waals surface area contributed by atoms with Crippen molar-refractivity contribution in [2.24, 2.45) is 13.0 Å². The predicted octanol–water partition coefficient (Wildman–Crippen LogP) is 3.54. The number of halogens is 1. The molecule has 29 heavy (non-hydrogen) atoms. The van der Waals surface area contributed by atoms with Gasteiger partial charge in [-0.15, -0.1) is 0 Å². The lowest BCUT2D eigenvalue weighted by Crippen LogP contribution is -2.54. The van der Waals surface area contributed by atoms with Crippen LogP contribution in [0.2, 0.25) is 0 Å². The molecule has 0 radical (unpaired) electrons. The molecular weight excluding hydrogens is 371 g/mol. The van der Waals surface area contributed by atoms with Gasteiger partial charge < -0.3 is 10.1 Å². The monoisotopic (exact) mass is 400 g/mol. The van der Waals surface area contributed by atoms with Gasteiger partial charge >= 0.3 is 6.09 Å². The van der Waals surface area contributed by atoms with Crippen molar-refractivity contribution in [2.75, 3.05) is 26.2 Å². The van der Waals surface area contributed by atoms with Crippen molar-refractivity contribution in [3.63, 3.8) is 0 Å². The molecule has 156 valence electrons. The van der Waals surface area contributed by atoms with Gasteiger partial charge in [0.05, 0.1) is 5.69 Å². The van der Waals surface area contributed by atoms with Crippen LogP contribution in [0.1, 0.15) is 37.8 Å². The maximum Gasteiger partial charge on any atom is 0.407 e.